The fourth-order valence-electron chi connectivity index (χ4n) is 2.77. The van der Waals surface area contributed by atoms with E-state index in [1.165, 1.54) is 34.5 Å². The molecule has 1 heterocycles. The molecule has 0 radical (unpaired) electrons. The summed E-state index contributed by atoms with van der Waals surface area (Å²) in [5, 5.41) is 18.1. The number of thioether (sulfide) groups is 1. The van der Waals surface area contributed by atoms with Gasteiger partial charge in [-0.3, -0.25) is 0 Å². The van der Waals surface area contributed by atoms with Crippen molar-refractivity contribution in [2.45, 2.75) is 5.22 Å². The van der Waals surface area contributed by atoms with Gasteiger partial charge < -0.3 is 28.5 Å². The van der Waals surface area contributed by atoms with Crippen LogP contribution in [0.4, 0.5) is 0 Å². The van der Waals surface area contributed by atoms with Crippen LogP contribution in [0.3, 0.4) is 0 Å². The van der Waals surface area contributed by atoms with Crippen LogP contribution in [0.15, 0.2) is 44.9 Å². The topological polar surface area (TPSA) is 113 Å². The molecule has 11 heteroatoms. The first-order valence-electron chi connectivity index (χ1n) is 9.00. The largest absolute Gasteiger partial charge is 0.496 e. The molecule has 0 aliphatic carbocycles. The van der Waals surface area contributed by atoms with E-state index in [1.54, 1.807) is 30.3 Å². The van der Waals surface area contributed by atoms with Gasteiger partial charge in [-0.2, -0.15) is 0 Å². The number of aromatic nitrogens is 2. The van der Waals surface area contributed by atoms with Crippen molar-refractivity contribution in [3.05, 3.63) is 45.8 Å². The molecule has 0 aliphatic rings. The van der Waals surface area contributed by atoms with Gasteiger partial charge in [0, 0.05) is 5.02 Å². The molecule has 9 nitrogen and oxygen atoms in total. The predicted molar refractivity (Wildman–Crippen MR) is 119 cm³/mol. The molecule has 1 aromatic heterocycles. The van der Waals surface area contributed by atoms with Crippen LogP contribution < -0.4 is 18.9 Å². The van der Waals surface area contributed by atoms with E-state index in [2.05, 4.69) is 10.2 Å². The van der Waals surface area contributed by atoms with E-state index in [0.29, 0.717) is 39.1 Å². The number of benzene rings is 2. The van der Waals surface area contributed by atoms with E-state index in [-0.39, 0.29) is 16.0 Å². The molecule has 2 aromatic carbocycles. The van der Waals surface area contributed by atoms with Crippen molar-refractivity contribution >= 4 is 35.4 Å². The average molecular weight is 479 g/mol. The maximum atomic E-state index is 11.9. The average Bonchev–Trinajstić information content (AvgIpc) is 3.26. The lowest BCUT2D eigenvalue weighted by atomic mass is 10.1. The van der Waals surface area contributed by atoms with E-state index in [4.69, 9.17) is 35.0 Å². The molecule has 3 rings (SSSR count). The van der Waals surface area contributed by atoms with Gasteiger partial charge in [-0.1, -0.05) is 11.6 Å². The van der Waals surface area contributed by atoms with Crippen molar-refractivity contribution in [1.29, 1.82) is 0 Å². The Morgan fingerprint density at radius 3 is 2.22 bits per heavy atom. The van der Waals surface area contributed by atoms with Crippen molar-refractivity contribution in [2.75, 3.05) is 28.4 Å². The van der Waals surface area contributed by atoms with Crippen LogP contribution in [0.2, 0.25) is 5.02 Å². The Morgan fingerprint density at radius 2 is 1.66 bits per heavy atom. The van der Waals surface area contributed by atoms with Crippen molar-refractivity contribution < 1.29 is 33.3 Å². The number of carbonyl (C=O) groups is 1. The standard InChI is InChI=1S/C21H19ClN2O7S/c1-27-14-6-5-12(22)10-13(14)19-23-24-21(31-19)32-17(20(25)26)9-11-7-15(28-2)18(30-4)16(8-11)29-3/h5-10H,1-4H3,(H,25,26)/b17-9-. The number of halogens is 1. The minimum absolute atomic E-state index is 0.0307. The van der Waals surface area contributed by atoms with Gasteiger partial charge >= 0.3 is 5.97 Å². The van der Waals surface area contributed by atoms with Crippen LogP contribution in [0.5, 0.6) is 23.0 Å². The Labute approximate surface area is 192 Å². The second-order valence-corrected chi connectivity index (χ2v) is 7.52. The van der Waals surface area contributed by atoms with Crippen molar-refractivity contribution in [3.63, 3.8) is 0 Å². The molecule has 0 atom stereocenters. The van der Waals surface area contributed by atoms with Crippen LogP contribution in [0.25, 0.3) is 17.5 Å². The van der Waals surface area contributed by atoms with E-state index in [0.717, 1.165) is 11.8 Å². The number of carboxylic acids is 1. The third kappa shape index (κ3) is 5.09. The van der Waals surface area contributed by atoms with Gasteiger partial charge in [-0.05, 0) is 53.7 Å². The first kappa shape index (κ1) is 23.3. The van der Waals surface area contributed by atoms with Gasteiger partial charge in [0.2, 0.25) is 5.75 Å². The molecule has 3 aromatic rings. The second kappa shape index (κ2) is 10.3. The zero-order chi connectivity index (χ0) is 23.3. The number of carboxylic acid groups (broad SMARTS) is 1. The lowest BCUT2D eigenvalue weighted by Gasteiger charge is -2.13. The minimum Gasteiger partial charge on any atom is -0.496 e. The van der Waals surface area contributed by atoms with Crippen LogP contribution in [-0.2, 0) is 4.79 Å². The van der Waals surface area contributed by atoms with Crippen LogP contribution in [0, 0.1) is 0 Å². The fourth-order valence-corrected chi connectivity index (χ4v) is 3.62. The van der Waals surface area contributed by atoms with Crippen LogP contribution >= 0.6 is 23.4 Å². The highest BCUT2D eigenvalue weighted by Crippen LogP contribution is 2.40. The summed E-state index contributed by atoms with van der Waals surface area (Å²) in [6.07, 6.45) is 1.43. The quantitative estimate of drug-likeness (QED) is 0.344. The highest BCUT2D eigenvalue weighted by Gasteiger charge is 2.19. The van der Waals surface area contributed by atoms with Crippen molar-refractivity contribution in [3.8, 4) is 34.5 Å². The van der Waals surface area contributed by atoms with Gasteiger partial charge in [-0.25, -0.2) is 4.79 Å². The molecule has 1 N–H and O–H groups in total. The molecule has 0 spiro atoms. The molecule has 0 unspecified atom stereocenters. The number of hydrogen-bond acceptors (Lipinski definition) is 9. The lowest BCUT2D eigenvalue weighted by molar-refractivity contribution is -0.131. The van der Waals surface area contributed by atoms with Gasteiger partial charge in [0.1, 0.15) is 10.7 Å². The summed E-state index contributed by atoms with van der Waals surface area (Å²) in [7, 11) is 5.93. The summed E-state index contributed by atoms with van der Waals surface area (Å²) in [5.41, 5.74) is 1.01. The summed E-state index contributed by atoms with van der Waals surface area (Å²) < 4.78 is 26.8. The molecule has 0 aliphatic heterocycles. The Balaban J connectivity index is 1.95. The molecule has 0 saturated heterocycles. The van der Waals surface area contributed by atoms with Crippen molar-refractivity contribution in [2.24, 2.45) is 0 Å². The number of methoxy groups -OCH3 is 4. The molecule has 168 valence electrons. The van der Waals surface area contributed by atoms with Crippen LogP contribution in [0.1, 0.15) is 5.56 Å². The lowest BCUT2D eigenvalue weighted by Crippen LogP contribution is -1.98. The Bertz CT molecular complexity index is 1140. The van der Waals surface area contributed by atoms with Crippen molar-refractivity contribution in [1.82, 2.24) is 10.2 Å². The van der Waals surface area contributed by atoms with E-state index < -0.39 is 5.97 Å². The molecule has 0 saturated carbocycles. The summed E-state index contributed by atoms with van der Waals surface area (Å²) in [6, 6.07) is 8.20. The zero-order valence-electron chi connectivity index (χ0n) is 17.5. The second-order valence-electron chi connectivity index (χ2n) is 6.09. The number of rotatable bonds is 9. The highest BCUT2D eigenvalue weighted by atomic mass is 35.5. The van der Waals surface area contributed by atoms with Gasteiger partial charge in [0.05, 0.1) is 34.0 Å². The molecule has 0 bridgehead atoms. The first-order chi connectivity index (χ1) is 15.4. The number of ether oxygens (including phenoxy) is 4. The number of hydrogen-bond donors (Lipinski definition) is 1. The monoisotopic (exact) mass is 478 g/mol. The summed E-state index contributed by atoms with van der Waals surface area (Å²) in [5.74, 6) is 0.629. The summed E-state index contributed by atoms with van der Waals surface area (Å²) >= 11 is 6.85. The third-order valence-corrected chi connectivity index (χ3v) is 5.28. The highest BCUT2D eigenvalue weighted by molar-refractivity contribution is 8.03. The fraction of sp³-hybridized carbons (Fsp3) is 0.190. The summed E-state index contributed by atoms with van der Waals surface area (Å²) in [4.78, 5) is 11.8. The molecular weight excluding hydrogens is 460 g/mol. The van der Waals surface area contributed by atoms with Gasteiger partial charge in [0.25, 0.3) is 11.1 Å². The predicted octanol–water partition coefficient (Wildman–Crippen LogP) is 4.64. The first-order valence-corrected chi connectivity index (χ1v) is 10.2. The Morgan fingerprint density at radius 1 is 1.00 bits per heavy atom. The van der Waals surface area contributed by atoms with Crippen LogP contribution in [-0.4, -0.2) is 49.7 Å². The summed E-state index contributed by atoms with van der Waals surface area (Å²) in [6.45, 7) is 0. The van der Waals surface area contributed by atoms with E-state index in [1.807, 2.05) is 0 Å². The Kier molecular flexibility index (Phi) is 7.49. The Hall–Kier alpha value is -3.37. The molecule has 32 heavy (non-hydrogen) atoms. The zero-order valence-corrected chi connectivity index (χ0v) is 19.1. The number of nitrogens with zero attached hydrogens (tertiary/aromatic N) is 2. The molecule has 0 fully saturated rings. The molecule has 0 amide bonds. The number of aliphatic carboxylic acids is 1. The van der Waals surface area contributed by atoms with E-state index >= 15 is 0 Å². The minimum atomic E-state index is -1.18. The SMILES string of the molecule is COc1ccc(Cl)cc1-c1nnc(S/C(=C\c2cc(OC)c(OC)c(OC)c2)C(=O)O)o1. The molecular formula is C21H19ClN2O7S. The maximum absolute atomic E-state index is 11.9. The van der Waals surface area contributed by atoms with Gasteiger partial charge in [0.15, 0.2) is 11.5 Å². The third-order valence-electron chi connectivity index (χ3n) is 4.19. The normalized spacial score (nSPS) is 11.2. The smallest absolute Gasteiger partial charge is 0.342 e. The van der Waals surface area contributed by atoms with Gasteiger partial charge in [-0.15, -0.1) is 10.2 Å². The maximum Gasteiger partial charge on any atom is 0.342 e. The van der Waals surface area contributed by atoms with E-state index in [9.17, 15) is 9.90 Å².